The zero-order valence-corrected chi connectivity index (χ0v) is 8.81. The van der Waals surface area contributed by atoms with Crippen molar-refractivity contribution in [2.24, 2.45) is 0 Å². The van der Waals surface area contributed by atoms with Gasteiger partial charge in [-0.05, 0) is 29.8 Å². The van der Waals surface area contributed by atoms with Crippen LogP contribution in [0.5, 0.6) is 5.75 Å². The second kappa shape index (κ2) is 5.20. The van der Waals surface area contributed by atoms with Crippen molar-refractivity contribution in [3.8, 4) is 5.75 Å². The third-order valence-electron chi connectivity index (χ3n) is 1.48. The fourth-order valence-corrected chi connectivity index (χ4v) is 0.979. The van der Waals surface area contributed by atoms with Crippen LogP contribution in [0.15, 0.2) is 36.4 Å². The first-order valence-corrected chi connectivity index (χ1v) is 4.89. The van der Waals surface area contributed by atoms with Crippen LogP contribution in [-0.2, 0) is 0 Å². The molecule has 3 heteroatoms. The molecule has 0 radical (unpaired) electrons. The topological polar surface area (TPSA) is 9.23 Å². The first-order chi connectivity index (χ1) is 6.22. The van der Waals surface area contributed by atoms with E-state index in [9.17, 15) is 0 Å². The standard InChI is InChI=1S/C10H11ClOS/c1-8(7-13)6-12-10-4-2-9(11)3-5-10/h2-5,13H,1,6-7H2. The van der Waals surface area contributed by atoms with Crippen molar-refractivity contribution in [1.29, 1.82) is 0 Å². The fraction of sp³-hybridized carbons (Fsp3) is 0.200. The molecule has 70 valence electrons. The highest BCUT2D eigenvalue weighted by molar-refractivity contribution is 7.80. The van der Waals surface area contributed by atoms with Crippen LogP contribution < -0.4 is 4.74 Å². The van der Waals surface area contributed by atoms with E-state index in [0.29, 0.717) is 17.4 Å². The van der Waals surface area contributed by atoms with Gasteiger partial charge in [-0.25, -0.2) is 0 Å². The Kier molecular flexibility index (Phi) is 4.19. The van der Waals surface area contributed by atoms with Crippen molar-refractivity contribution < 1.29 is 4.74 Å². The molecule has 1 nitrogen and oxygen atoms in total. The largest absolute Gasteiger partial charge is 0.489 e. The molecule has 0 heterocycles. The number of halogens is 1. The highest BCUT2D eigenvalue weighted by Crippen LogP contribution is 2.15. The molecule has 0 unspecified atom stereocenters. The molecule has 1 aromatic rings. The molecular weight excluding hydrogens is 204 g/mol. The molecule has 0 aliphatic carbocycles. The Morgan fingerprint density at radius 2 is 2.00 bits per heavy atom. The van der Waals surface area contributed by atoms with Crippen molar-refractivity contribution in [3.05, 3.63) is 41.4 Å². The summed E-state index contributed by atoms with van der Waals surface area (Å²) in [4.78, 5) is 0. The first-order valence-electron chi connectivity index (χ1n) is 3.88. The van der Waals surface area contributed by atoms with Crippen LogP contribution in [0.2, 0.25) is 5.02 Å². The maximum Gasteiger partial charge on any atom is 0.119 e. The summed E-state index contributed by atoms with van der Waals surface area (Å²) in [5.41, 5.74) is 0.957. The normalized spacial score (nSPS) is 9.69. The molecule has 0 spiro atoms. The van der Waals surface area contributed by atoms with E-state index in [1.807, 2.05) is 12.1 Å². The zero-order chi connectivity index (χ0) is 9.68. The van der Waals surface area contributed by atoms with Crippen LogP contribution in [0.3, 0.4) is 0 Å². The minimum atomic E-state index is 0.505. The summed E-state index contributed by atoms with van der Waals surface area (Å²) in [6.45, 7) is 4.28. The highest BCUT2D eigenvalue weighted by Gasteiger charge is 1.94. The molecule has 0 amide bonds. The Bertz CT molecular complexity index is 281. The average Bonchev–Trinajstić information content (AvgIpc) is 2.16. The molecule has 0 aliphatic rings. The van der Waals surface area contributed by atoms with Gasteiger partial charge in [0.05, 0.1) is 0 Å². The molecule has 0 aromatic heterocycles. The van der Waals surface area contributed by atoms with Gasteiger partial charge in [0.2, 0.25) is 0 Å². The molecule has 0 fully saturated rings. The summed E-state index contributed by atoms with van der Waals surface area (Å²) >= 11 is 9.79. The highest BCUT2D eigenvalue weighted by atomic mass is 35.5. The molecule has 1 aromatic carbocycles. The second-order valence-corrected chi connectivity index (χ2v) is 3.40. The maximum atomic E-state index is 5.72. The van der Waals surface area contributed by atoms with Crippen LogP contribution in [0.25, 0.3) is 0 Å². The van der Waals surface area contributed by atoms with Gasteiger partial charge < -0.3 is 4.74 Å². The van der Waals surface area contributed by atoms with Crippen molar-refractivity contribution >= 4 is 24.2 Å². The average molecular weight is 215 g/mol. The number of hydrogen-bond donors (Lipinski definition) is 1. The quantitative estimate of drug-likeness (QED) is 0.598. The predicted molar refractivity (Wildman–Crippen MR) is 59.9 cm³/mol. The second-order valence-electron chi connectivity index (χ2n) is 2.65. The lowest BCUT2D eigenvalue weighted by Gasteiger charge is -2.06. The third kappa shape index (κ3) is 3.75. The van der Waals surface area contributed by atoms with Gasteiger partial charge >= 0.3 is 0 Å². The third-order valence-corrected chi connectivity index (χ3v) is 2.18. The van der Waals surface area contributed by atoms with E-state index in [1.54, 1.807) is 12.1 Å². The van der Waals surface area contributed by atoms with Gasteiger partial charge in [0, 0.05) is 10.8 Å². The molecule has 0 aliphatic heterocycles. The number of benzene rings is 1. The Hall–Kier alpha value is -0.600. The summed E-state index contributed by atoms with van der Waals surface area (Å²) in [7, 11) is 0. The van der Waals surface area contributed by atoms with Gasteiger partial charge in [0.25, 0.3) is 0 Å². The van der Waals surface area contributed by atoms with Crippen LogP contribution in [0.1, 0.15) is 0 Å². The van der Waals surface area contributed by atoms with E-state index in [-0.39, 0.29) is 0 Å². The Labute approximate surface area is 88.8 Å². The molecule has 1 rings (SSSR count). The summed E-state index contributed by atoms with van der Waals surface area (Å²) in [6.07, 6.45) is 0. The predicted octanol–water partition coefficient (Wildman–Crippen LogP) is 3.20. The van der Waals surface area contributed by atoms with Crippen LogP contribution in [-0.4, -0.2) is 12.4 Å². The summed E-state index contributed by atoms with van der Waals surface area (Å²) in [6, 6.07) is 7.24. The molecule has 13 heavy (non-hydrogen) atoms. The lowest BCUT2D eigenvalue weighted by Crippen LogP contribution is -2.00. The summed E-state index contributed by atoms with van der Waals surface area (Å²) in [5, 5.41) is 0.709. The lowest BCUT2D eigenvalue weighted by atomic mass is 10.3. The SMILES string of the molecule is C=C(CS)COc1ccc(Cl)cc1. The number of hydrogen-bond acceptors (Lipinski definition) is 2. The summed E-state index contributed by atoms with van der Waals surface area (Å²) in [5.74, 6) is 1.44. The number of thiol groups is 1. The zero-order valence-electron chi connectivity index (χ0n) is 7.16. The van der Waals surface area contributed by atoms with Crippen molar-refractivity contribution in [3.63, 3.8) is 0 Å². The molecule has 0 atom stereocenters. The van der Waals surface area contributed by atoms with Crippen LogP contribution in [0, 0.1) is 0 Å². The van der Waals surface area contributed by atoms with E-state index in [1.165, 1.54) is 0 Å². The van der Waals surface area contributed by atoms with Gasteiger partial charge in [0.1, 0.15) is 12.4 Å². The number of rotatable bonds is 4. The van der Waals surface area contributed by atoms with E-state index >= 15 is 0 Å². The monoisotopic (exact) mass is 214 g/mol. The fourth-order valence-electron chi connectivity index (χ4n) is 0.762. The van der Waals surface area contributed by atoms with Gasteiger partial charge in [-0.2, -0.15) is 12.6 Å². The van der Waals surface area contributed by atoms with Gasteiger partial charge in [-0.3, -0.25) is 0 Å². The lowest BCUT2D eigenvalue weighted by molar-refractivity contribution is 0.353. The Balaban J connectivity index is 2.46. The van der Waals surface area contributed by atoms with Gasteiger partial charge in [0.15, 0.2) is 0 Å². The molecular formula is C10H11ClOS. The Morgan fingerprint density at radius 3 is 2.54 bits per heavy atom. The van der Waals surface area contributed by atoms with E-state index < -0.39 is 0 Å². The van der Waals surface area contributed by atoms with Gasteiger partial charge in [-0.1, -0.05) is 18.2 Å². The van der Waals surface area contributed by atoms with Crippen molar-refractivity contribution in [2.75, 3.05) is 12.4 Å². The molecule has 0 saturated carbocycles. The molecule has 0 saturated heterocycles. The Morgan fingerprint density at radius 1 is 1.38 bits per heavy atom. The maximum absolute atomic E-state index is 5.72. The van der Waals surface area contributed by atoms with Crippen LogP contribution in [0.4, 0.5) is 0 Å². The first kappa shape index (κ1) is 10.5. The molecule has 0 N–H and O–H groups in total. The number of ether oxygens (including phenoxy) is 1. The van der Waals surface area contributed by atoms with E-state index in [4.69, 9.17) is 16.3 Å². The van der Waals surface area contributed by atoms with E-state index in [0.717, 1.165) is 11.3 Å². The minimum absolute atomic E-state index is 0.505. The van der Waals surface area contributed by atoms with Crippen molar-refractivity contribution in [2.45, 2.75) is 0 Å². The minimum Gasteiger partial charge on any atom is -0.489 e. The summed E-state index contributed by atoms with van der Waals surface area (Å²) < 4.78 is 5.41. The van der Waals surface area contributed by atoms with Gasteiger partial charge in [-0.15, -0.1) is 0 Å². The van der Waals surface area contributed by atoms with E-state index in [2.05, 4.69) is 19.2 Å². The molecule has 0 bridgehead atoms. The smallest absolute Gasteiger partial charge is 0.119 e. The van der Waals surface area contributed by atoms with Crippen LogP contribution >= 0.6 is 24.2 Å². The van der Waals surface area contributed by atoms with Crippen molar-refractivity contribution in [1.82, 2.24) is 0 Å².